The van der Waals surface area contributed by atoms with Crippen LogP contribution >= 0.6 is 11.6 Å². The largest absolute Gasteiger partial charge is 0.383 e. The number of amides is 1. The summed E-state index contributed by atoms with van der Waals surface area (Å²) in [4.78, 5) is 11.0. The first-order valence-corrected chi connectivity index (χ1v) is 6.30. The van der Waals surface area contributed by atoms with Gasteiger partial charge in [-0.3, -0.25) is 4.79 Å². The summed E-state index contributed by atoms with van der Waals surface area (Å²) in [6, 6.07) is 5.69. The van der Waals surface area contributed by atoms with Gasteiger partial charge in [-0.05, 0) is 37.5 Å². The van der Waals surface area contributed by atoms with Crippen LogP contribution < -0.4 is 11.1 Å². The second-order valence-corrected chi connectivity index (χ2v) is 5.19. The standard InChI is InChI=1S/C13H17ClN2O/c1-8(6-9-2-3-9)16-10-4-5-11(13(15)17)12(14)7-10/h4-5,7-9,16H,2-3,6H2,1H3,(H2,15,17). The fourth-order valence-corrected chi connectivity index (χ4v) is 2.28. The third kappa shape index (κ3) is 3.37. The van der Waals surface area contributed by atoms with E-state index in [1.807, 2.05) is 6.07 Å². The Bertz CT molecular complexity index is 429. The van der Waals surface area contributed by atoms with Gasteiger partial charge in [0.2, 0.25) is 5.91 Å². The van der Waals surface area contributed by atoms with Crippen LogP contribution in [-0.4, -0.2) is 11.9 Å². The van der Waals surface area contributed by atoms with Crippen LogP contribution in [0.2, 0.25) is 5.02 Å². The molecule has 3 nitrogen and oxygen atoms in total. The zero-order valence-electron chi connectivity index (χ0n) is 9.87. The Labute approximate surface area is 106 Å². The number of hydrogen-bond donors (Lipinski definition) is 2. The minimum absolute atomic E-state index is 0.368. The van der Waals surface area contributed by atoms with Gasteiger partial charge in [-0.1, -0.05) is 24.4 Å². The number of anilines is 1. The zero-order valence-corrected chi connectivity index (χ0v) is 10.6. The summed E-state index contributed by atoms with van der Waals surface area (Å²) in [5.74, 6) is 0.394. The van der Waals surface area contributed by atoms with Crippen molar-refractivity contribution in [1.29, 1.82) is 0 Å². The quantitative estimate of drug-likeness (QED) is 0.846. The molecule has 0 bridgehead atoms. The van der Waals surface area contributed by atoms with Gasteiger partial charge >= 0.3 is 0 Å². The highest BCUT2D eigenvalue weighted by Crippen LogP contribution is 2.34. The second-order valence-electron chi connectivity index (χ2n) is 4.78. The molecule has 1 fully saturated rings. The molecular formula is C13H17ClN2O. The molecule has 1 unspecified atom stereocenters. The van der Waals surface area contributed by atoms with Crippen molar-refractivity contribution in [1.82, 2.24) is 0 Å². The Hall–Kier alpha value is -1.22. The number of halogens is 1. The van der Waals surface area contributed by atoms with Crippen LogP contribution in [0.4, 0.5) is 5.69 Å². The third-order valence-electron chi connectivity index (χ3n) is 3.03. The molecule has 0 saturated heterocycles. The third-order valence-corrected chi connectivity index (χ3v) is 3.34. The maximum absolute atomic E-state index is 11.0. The van der Waals surface area contributed by atoms with Gasteiger partial charge in [0.15, 0.2) is 0 Å². The van der Waals surface area contributed by atoms with Crippen LogP contribution in [0.3, 0.4) is 0 Å². The minimum Gasteiger partial charge on any atom is -0.383 e. The van der Waals surface area contributed by atoms with Gasteiger partial charge in [0.05, 0.1) is 10.6 Å². The highest BCUT2D eigenvalue weighted by Gasteiger charge is 2.23. The normalized spacial score (nSPS) is 16.6. The minimum atomic E-state index is -0.493. The number of benzene rings is 1. The predicted octanol–water partition coefficient (Wildman–Crippen LogP) is 3.04. The van der Waals surface area contributed by atoms with Gasteiger partial charge in [0.1, 0.15) is 0 Å². The summed E-state index contributed by atoms with van der Waals surface area (Å²) in [5, 5.41) is 3.79. The van der Waals surface area contributed by atoms with Gasteiger partial charge < -0.3 is 11.1 Å². The van der Waals surface area contributed by atoms with Gasteiger partial charge in [0, 0.05) is 11.7 Å². The first kappa shape index (κ1) is 12.2. The maximum atomic E-state index is 11.0. The number of nitrogens with one attached hydrogen (secondary N) is 1. The summed E-state index contributed by atoms with van der Waals surface area (Å²) >= 11 is 5.99. The van der Waals surface area contributed by atoms with Gasteiger partial charge in [0.25, 0.3) is 0 Å². The maximum Gasteiger partial charge on any atom is 0.250 e. The number of hydrogen-bond acceptors (Lipinski definition) is 2. The van der Waals surface area contributed by atoms with Crippen molar-refractivity contribution in [3.63, 3.8) is 0 Å². The molecule has 2 rings (SSSR count). The van der Waals surface area contributed by atoms with E-state index in [1.165, 1.54) is 19.3 Å². The molecule has 1 aromatic rings. The summed E-state index contributed by atoms with van der Waals surface area (Å²) in [6.45, 7) is 2.16. The lowest BCUT2D eigenvalue weighted by atomic mass is 10.1. The molecule has 1 aliphatic carbocycles. The molecule has 4 heteroatoms. The SMILES string of the molecule is CC(CC1CC1)Nc1ccc(C(N)=O)c(Cl)c1. The lowest BCUT2D eigenvalue weighted by Gasteiger charge is -2.15. The lowest BCUT2D eigenvalue weighted by Crippen LogP contribution is -2.16. The molecule has 1 saturated carbocycles. The molecule has 0 spiro atoms. The highest BCUT2D eigenvalue weighted by molar-refractivity contribution is 6.34. The average Bonchev–Trinajstić information content (AvgIpc) is 3.00. The van der Waals surface area contributed by atoms with Crippen molar-refractivity contribution >= 4 is 23.2 Å². The Kier molecular flexibility index (Phi) is 3.57. The molecule has 0 heterocycles. The van der Waals surface area contributed by atoms with Crippen LogP contribution in [0.5, 0.6) is 0 Å². The fourth-order valence-electron chi connectivity index (χ4n) is 2.00. The number of carbonyl (C=O) groups excluding carboxylic acids is 1. The molecule has 1 aromatic carbocycles. The van der Waals surface area contributed by atoms with E-state index in [0.717, 1.165) is 11.6 Å². The van der Waals surface area contributed by atoms with Crippen LogP contribution in [-0.2, 0) is 0 Å². The summed E-state index contributed by atoms with van der Waals surface area (Å²) < 4.78 is 0. The Morgan fingerprint density at radius 1 is 1.59 bits per heavy atom. The first-order valence-electron chi connectivity index (χ1n) is 5.92. The zero-order chi connectivity index (χ0) is 12.4. The second kappa shape index (κ2) is 4.96. The number of primary amides is 1. The van der Waals surface area contributed by atoms with Crippen LogP contribution in [0.1, 0.15) is 36.5 Å². The molecule has 1 amide bonds. The van der Waals surface area contributed by atoms with Crippen molar-refractivity contribution in [2.75, 3.05) is 5.32 Å². The van der Waals surface area contributed by atoms with E-state index >= 15 is 0 Å². The predicted molar refractivity (Wildman–Crippen MR) is 70.4 cm³/mol. The molecule has 92 valence electrons. The topological polar surface area (TPSA) is 55.1 Å². The number of rotatable bonds is 5. The van der Waals surface area contributed by atoms with Gasteiger partial charge in [-0.15, -0.1) is 0 Å². The van der Waals surface area contributed by atoms with E-state index in [9.17, 15) is 4.79 Å². The highest BCUT2D eigenvalue weighted by atomic mass is 35.5. The van der Waals surface area contributed by atoms with E-state index in [0.29, 0.717) is 16.6 Å². The molecular weight excluding hydrogens is 236 g/mol. The first-order chi connectivity index (χ1) is 8.06. The number of carbonyl (C=O) groups is 1. The molecule has 1 atom stereocenters. The van der Waals surface area contributed by atoms with E-state index < -0.39 is 5.91 Å². The molecule has 0 aliphatic heterocycles. The Morgan fingerprint density at radius 2 is 2.29 bits per heavy atom. The molecule has 3 N–H and O–H groups in total. The summed E-state index contributed by atoms with van der Waals surface area (Å²) in [5.41, 5.74) is 6.50. The van der Waals surface area contributed by atoms with E-state index in [1.54, 1.807) is 12.1 Å². The fraction of sp³-hybridized carbons (Fsp3) is 0.462. The molecule has 1 aliphatic rings. The van der Waals surface area contributed by atoms with E-state index in [4.69, 9.17) is 17.3 Å². The van der Waals surface area contributed by atoms with Crippen LogP contribution in [0.25, 0.3) is 0 Å². The van der Waals surface area contributed by atoms with Gasteiger partial charge in [-0.25, -0.2) is 0 Å². The van der Waals surface area contributed by atoms with Crippen molar-refractivity contribution in [3.05, 3.63) is 28.8 Å². The van der Waals surface area contributed by atoms with Crippen LogP contribution in [0.15, 0.2) is 18.2 Å². The smallest absolute Gasteiger partial charge is 0.250 e. The van der Waals surface area contributed by atoms with Crippen molar-refractivity contribution in [3.8, 4) is 0 Å². The van der Waals surface area contributed by atoms with Crippen LogP contribution in [0, 0.1) is 5.92 Å². The van der Waals surface area contributed by atoms with Gasteiger partial charge in [-0.2, -0.15) is 0 Å². The average molecular weight is 253 g/mol. The van der Waals surface area contributed by atoms with Crippen molar-refractivity contribution in [2.24, 2.45) is 11.7 Å². The number of nitrogens with two attached hydrogens (primary N) is 1. The van der Waals surface area contributed by atoms with E-state index in [-0.39, 0.29) is 0 Å². The monoisotopic (exact) mass is 252 g/mol. The molecule has 0 radical (unpaired) electrons. The van der Waals surface area contributed by atoms with Crippen molar-refractivity contribution in [2.45, 2.75) is 32.2 Å². The molecule has 17 heavy (non-hydrogen) atoms. The lowest BCUT2D eigenvalue weighted by molar-refractivity contribution is 0.100. The Balaban J connectivity index is 2.00. The van der Waals surface area contributed by atoms with Crippen molar-refractivity contribution < 1.29 is 4.79 Å². The summed E-state index contributed by atoms with van der Waals surface area (Å²) in [6.07, 6.45) is 3.90. The summed E-state index contributed by atoms with van der Waals surface area (Å²) in [7, 11) is 0. The Morgan fingerprint density at radius 3 is 2.82 bits per heavy atom. The van der Waals surface area contributed by atoms with E-state index in [2.05, 4.69) is 12.2 Å². The molecule has 0 aromatic heterocycles.